The number of hydrogen-bond donors (Lipinski definition) is 1. The van der Waals surface area contributed by atoms with E-state index in [9.17, 15) is 9.90 Å². The van der Waals surface area contributed by atoms with Gasteiger partial charge in [0.25, 0.3) is 0 Å². The summed E-state index contributed by atoms with van der Waals surface area (Å²) in [7, 11) is 1.64. The number of rotatable bonds is 6. The van der Waals surface area contributed by atoms with Gasteiger partial charge in [-0.05, 0) is 57.8 Å². The standard InChI is InChI=1S/C16H21BrO3/c1-9(2)11-6-13(16(20-3)14(17)7-11)12(8-15(18)19)10-4-5-10/h6-7,9-10,12H,4-5,8H2,1-3H3,(H,18,19). The van der Waals surface area contributed by atoms with E-state index in [0.717, 1.165) is 28.6 Å². The molecule has 1 saturated carbocycles. The Kier molecular flexibility index (Phi) is 4.74. The van der Waals surface area contributed by atoms with Gasteiger partial charge in [-0.1, -0.05) is 19.9 Å². The maximum absolute atomic E-state index is 11.2. The quantitative estimate of drug-likeness (QED) is 0.826. The number of aliphatic carboxylic acids is 1. The summed E-state index contributed by atoms with van der Waals surface area (Å²) in [5, 5.41) is 9.18. The summed E-state index contributed by atoms with van der Waals surface area (Å²) < 4.78 is 6.43. The second-order valence-electron chi connectivity index (χ2n) is 5.82. The van der Waals surface area contributed by atoms with E-state index in [0.29, 0.717) is 11.8 Å². The fraction of sp³-hybridized carbons (Fsp3) is 0.562. The lowest BCUT2D eigenvalue weighted by atomic mass is 9.87. The van der Waals surface area contributed by atoms with Crippen molar-refractivity contribution in [3.05, 3.63) is 27.7 Å². The molecule has 0 heterocycles. The fourth-order valence-corrected chi connectivity index (χ4v) is 3.33. The van der Waals surface area contributed by atoms with Crippen LogP contribution in [0.3, 0.4) is 0 Å². The number of carboxylic acid groups (broad SMARTS) is 1. The normalized spacial score (nSPS) is 16.2. The Hall–Kier alpha value is -1.03. The molecule has 0 aromatic heterocycles. The molecule has 0 radical (unpaired) electrons. The molecule has 0 amide bonds. The van der Waals surface area contributed by atoms with Gasteiger partial charge in [0.05, 0.1) is 18.0 Å². The summed E-state index contributed by atoms with van der Waals surface area (Å²) >= 11 is 3.56. The lowest BCUT2D eigenvalue weighted by Gasteiger charge is -2.21. The highest BCUT2D eigenvalue weighted by Gasteiger charge is 2.36. The van der Waals surface area contributed by atoms with Crippen molar-refractivity contribution in [3.8, 4) is 5.75 Å². The summed E-state index contributed by atoms with van der Waals surface area (Å²) in [6.45, 7) is 4.28. The molecule has 3 nitrogen and oxygen atoms in total. The third kappa shape index (κ3) is 3.35. The number of methoxy groups -OCH3 is 1. The maximum Gasteiger partial charge on any atom is 0.303 e. The number of hydrogen-bond acceptors (Lipinski definition) is 2. The Bertz CT molecular complexity index is 507. The third-order valence-electron chi connectivity index (χ3n) is 3.95. The predicted molar refractivity (Wildman–Crippen MR) is 82.5 cm³/mol. The average molecular weight is 341 g/mol. The Balaban J connectivity index is 2.47. The van der Waals surface area contributed by atoms with Gasteiger partial charge in [0, 0.05) is 5.92 Å². The smallest absolute Gasteiger partial charge is 0.303 e. The average Bonchev–Trinajstić information content (AvgIpc) is 3.18. The van der Waals surface area contributed by atoms with Gasteiger partial charge < -0.3 is 9.84 Å². The summed E-state index contributed by atoms with van der Waals surface area (Å²) in [5.74, 6) is 0.981. The first-order chi connectivity index (χ1) is 9.43. The zero-order valence-corrected chi connectivity index (χ0v) is 13.7. The van der Waals surface area contributed by atoms with Crippen molar-refractivity contribution in [2.24, 2.45) is 5.92 Å². The van der Waals surface area contributed by atoms with E-state index in [-0.39, 0.29) is 12.3 Å². The lowest BCUT2D eigenvalue weighted by Crippen LogP contribution is -2.11. The first-order valence-electron chi connectivity index (χ1n) is 7.03. The largest absolute Gasteiger partial charge is 0.495 e. The van der Waals surface area contributed by atoms with Crippen molar-refractivity contribution < 1.29 is 14.6 Å². The van der Waals surface area contributed by atoms with Crippen LogP contribution in [0.1, 0.15) is 56.1 Å². The Morgan fingerprint density at radius 3 is 2.55 bits per heavy atom. The molecule has 1 N–H and O–H groups in total. The summed E-state index contributed by atoms with van der Waals surface area (Å²) in [6.07, 6.45) is 2.41. The highest BCUT2D eigenvalue weighted by molar-refractivity contribution is 9.10. The molecule has 1 fully saturated rings. The van der Waals surface area contributed by atoms with Crippen LogP contribution in [0.15, 0.2) is 16.6 Å². The number of halogens is 1. The van der Waals surface area contributed by atoms with E-state index in [1.807, 2.05) is 0 Å². The van der Waals surface area contributed by atoms with Gasteiger partial charge in [-0.2, -0.15) is 0 Å². The van der Waals surface area contributed by atoms with Crippen LogP contribution in [-0.4, -0.2) is 18.2 Å². The zero-order valence-electron chi connectivity index (χ0n) is 12.1. The molecule has 0 aliphatic heterocycles. The molecule has 0 bridgehead atoms. The van der Waals surface area contributed by atoms with Gasteiger partial charge in [-0.25, -0.2) is 0 Å². The minimum atomic E-state index is -0.741. The van der Waals surface area contributed by atoms with Crippen LogP contribution in [0.5, 0.6) is 5.75 Å². The molecule has 110 valence electrons. The van der Waals surface area contributed by atoms with Crippen molar-refractivity contribution in [2.75, 3.05) is 7.11 Å². The van der Waals surface area contributed by atoms with Gasteiger partial charge in [0.15, 0.2) is 0 Å². The van der Waals surface area contributed by atoms with E-state index in [4.69, 9.17) is 4.74 Å². The number of ether oxygens (including phenoxy) is 1. The Morgan fingerprint density at radius 2 is 2.10 bits per heavy atom. The molecule has 1 atom stereocenters. The fourth-order valence-electron chi connectivity index (χ4n) is 2.68. The van der Waals surface area contributed by atoms with Crippen LogP contribution in [0.2, 0.25) is 0 Å². The van der Waals surface area contributed by atoms with Crippen molar-refractivity contribution in [3.63, 3.8) is 0 Å². The van der Waals surface area contributed by atoms with E-state index in [1.165, 1.54) is 5.56 Å². The molecule has 1 aromatic rings. The molecule has 2 rings (SSSR count). The van der Waals surface area contributed by atoms with E-state index < -0.39 is 5.97 Å². The monoisotopic (exact) mass is 340 g/mol. The second-order valence-corrected chi connectivity index (χ2v) is 6.68. The maximum atomic E-state index is 11.2. The second kappa shape index (κ2) is 6.17. The van der Waals surface area contributed by atoms with Gasteiger partial charge >= 0.3 is 5.97 Å². The molecule has 1 aliphatic carbocycles. The first kappa shape index (κ1) is 15.4. The van der Waals surface area contributed by atoms with Gasteiger partial charge in [0.2, 0.25) is 0 Å². The number of carboxylic acids is 1. The van der Waals surface area contributed by atoms with E-state index >= 15 is 0 Å². The molecule has 1 unspecified atom stereocenters. The molecule has 0 spiro atoms. The van der Waals surface area contributed by atoms with Crippen LogP contribution >= 0.6 is 15.9 Å². The minimum Gasteiger partial charge on any atom is -0.495 e. The summed E-state index contributed by atoms with van der Waals surface area (Å²) in [4.78, 5) is 11.2. The molecular weight excluding hydrogens is 320 g/mol. The highest BCUT2D eigenvalue weighted by atomic mass is 79.9. The molecule has 0 saturated heterocycles. The van der Waals surface area contributed by atoms with Gasteiger partial charge in [-0.15, -0.1) is 0 Å². The van der Waals surface area contributed by atoms with E-state index in [2.05, 4.69) is 41.9 Å². The van der Waals surface area contributed by atoms with E-state index in [1.54, 1.807) is 7.11 Å². The Labute approximate surface area is 128 Å². The first-order valence-corrected chi connectivity index (χ1v) is 7.82. The molecule has 1 aromatic carbocycles. The van der Waals surface area contributed by atoms with Crippen LogP contribution in [0.25, 0.3) is 0 Å². The highest BCUT2D eigenvalue weighted by Crippen LogP contribution is 2.49. The number of carbonyl (C=O) groups is 1. The minimum absolute atomic E-state index is 0.0532. The predicted octanol–water partition coefficient (Wildman–Crippen LogP) is 4.55. The van der Waals surface area contributed by atoms with Crippen molar-refractivity contribution in [2.45, 2.75) is 44.9 Å². The van der Waals surface area contributed by atoms with Crippen molar-refractivity contribution >= 4 is 21.9 Å². The topological polar surface area (TPSA) is 46.5 Å². The third-order valence-corrected chi connectivity index (χ3v) is 4.54. The number of benzene rings is 1. The molecule has 4 heteroatoms. The van der Waals surface area contributed by atoms with Crippen LogP contribution in [0.4, 0.5) is 0 Å². The van der Waals surface area contributed by atoms with Crippen molar-refractivity contribution in [1.29, 1.82) is 0 Å². The summed E-state index contributed by atoms with van der Waals surface area (Å²) in [5.41, 5.74) is 2.25. The lowest BCUT2D eigenvalue weighted by molar-refractivity contribution is -0.137. The van der Waals surface area contributed by atoms with Crippen molar-refractivity contribution in [1.82, 2.24) is 0 Å². The van der Waals surface area contributed by atoms with Gasteiger partial charge in [0.1, 0.15) is 5.75 Å². The SMILES string of the molecule is COc1c(Br)cc(C(C)C)cc1C(CC(=O)O)C1CC1. The van der Waals surface area contributed by atoms with Crippen LogP contribution in [-0.2, 0) is 4.79 Å². The van der Waals surface area contributed by atoms with Gasteiger partial charge in [-0.3, -0.25) is 4.79 Å². The molecule has 20 heavy (non-hydrogen) atoms. The summed E-state index contributed by atoms with van der Waals surface area (Å²) in [6, 6.07) is 4.19. The zero-order chi connectivity index (χ0) is 14.9. The molecule has 1 aliphatic rings. The van der Waals surface area contributed by atoms with Crippen LogP contribution in [0, 0.1) is 5.92 Å². The van der Waals surface area contributed by atoms with Crippen LogP contribution < -0.4 is 4.74 Å². The molecular formula is C16H21BrO3. The Morgan fingerprint density at radius 1 is 1.45 bits per heavy atom.